The number of hydrogen-bond donors (Lipinski definition) is 2. The van der Waals surface area contributed by atoms with Crippen molar-refractivity contribution in [3.63, 3.8) is 0 Å². The summed E-state index contributed by atoms with van der Waals surface area (Å²) in [6.07, 6.45) is 3.07. The lowest BCUT2D eigenvalue weighted by atomic mass is 9.95. The number of ether oxygens (including phenoxy) is 1. The Balaban J connectivity index is 2.53. The van der Waals surface area contributed by atoms with Gasteiger partial charge in [0.2, 0.25) is 5.91 Å². The summed E-state index contributed by atoms with van der Waals surface area (Å²) >= 11 is 0. The number of aliphatic carboxylic acids is 1. The third-order valence-corrected chi connectivity index (χ3v) is 3.69. The molecule has 108 valence electrons. The summed E-state index contributed by atoms with van der Waals surface area (Å²) in [6.45, 7) is 1.68. The normalized spacial score (nSPS) is 18.6. The summed E-state index contributed by atoms with van der Waals surface area (Å²) in [5.74, 6) is -2.06. The molecule has 2 N–H and O–H groups in total. The van der Waals surface area contributed by atoms with Crippen molar-refractivity contribution in [2.24, 2.45) is 5.92 Å². The second kappa shape index (κ2) is 6.54. The first-order valence-electron chi connectivity index (χ1n) is 6.53. The van der Waals surface area contributed by atoms with Crippen molar-refractivity contribution in [3.8, 4) is 0 Å². The average Bonchev–Trinajstić information content (AvgIpc) is 2.85. The molecular weight excluding hydrogens is 250 g/mol. The number of rotatable bonds is 6. The molecule has 0 aliphatic heterocycles. The molecule has 0 heterocycles. The van der Waals surface area contributed by atoms with E-state index in [1.807, 2.05) is 0 Å². The van der Waals surface area contributed by atoms with E-state index < -0.39 is 17.4 Å². The van der Waals surface area contributed by atoms with E-state index in [9.17, 15) is 19.5 Å². The lowest BCUT2D eigenvalue weighted by Gasteiger charge is -2.27. The Morgan fingerprint density at radius 3 is 2.37 bits per heavy atom. The molecule has 6 heteroatoms. The van der Waals surface area contributed by atoms with Gasteiger partial charge in [0.05, 0.1) is 7.11 Å². The first-order chi connectivity index (χ1) is 8.91. The molecule has 1 fully saturated rings. The Hall–Kier alpha value is -1.59. The molecule has 0 aromatic rings. The molecule has 0 aromatic carbocycles. The van der Waals surface area contributed by atoms with Crippen molar-refractivity contribution >= 4 is 17.8 Å². The van der Waals surface area contributed by atoms with Gasteiger partial charge < -0.3 is 15.2 Å². The van der Waals surface area contributed by atoms with Crippen LogP contribution in [0.3, 0.4) is 0 Å². The zero-order valence-corrected chi connectivity index (χ0v) is 11.4. The molecule has 6 nitrogen and oxygen atoms in total. The molecule has 1 atom stereocenters. The van der Waals surface area contributed by atoms with Crippen molar-refractivity contribution in [2.75, 3.05) is 7.11 Å². The molecule has 0 saturated heterocycles. The number of carbonyl (C=O) groups excluding carboxylic acids is 2. The average molecular weight is 271 g/mol. The van der Waals surface area contributed by atoms with Crippen LogP contribution in [0.2, 0.25) is 0 Å². The molecule has 19 heavy (non-hydrogen) atoms. The van der Waals surface area contributed by atoms with Crippen LogP contribution in [0.1, 0.15) is 45.4 Å². The van der Waals surface area contributed by atoms with Gasteiger partial charge >= 0.3 is 11.9 Å². The van der Waals surface area contributed by atoms with Crippen LogP contribution in [0.25, 0.3) is 0 Å². The van der Waals surface area contributed by atoms with Crippen LogP contribution in [0.5, 0.6) is 0 Å². The van der Waals surface area contributed by atoms with Crippen LogP contribution in [0.4, 0.5) is 0 Å². The highest BCUT2D eigenvalue weighted by Gasteiger charge is 2.43. The van der Waals surface area contributed by atoms with Gasteiger partial charge in [0.25, 0.3) is 0 Å². The van der Waals surface area contributed by atoms with E-state index in [0.29, 0.717) is 19.3 Å². The highest BCUT2D eigenvalue weighted by Crippen LogP contribution is 2.30. The first-order valence-corrected chi connectivity index (χ1v) is 6.53. The molecule has 1 amide bonds. The number of carboxylic acids is 1. The summed E-state index contributed by atoms with van der Waals surface area (Å²) < 4.78 is 4.51. The number of esters is 1. The SMILES string of the molecule is COC(=O)CCC(C)C(=O)NC1(C(=O)O)CCCC1. The fraction of sp³-hybridized carbons (Fsp3) is 0.769. The van der Waals surface area contributed by atoms with E-state index in [1.54, 1.807) is 6.92 Å². The van der Waals surface area contributed by atoms with Crippen molar-refractivity contribution in [1.82, 2.24) is 5.32 Å². The molecule has 0 spiro atoms. The number of carbonyl (C=O) groups is 3. The highest BCUT2D eigenvalue weighted by molar-refractivity contribution is 5.88. The Morgan fingerprint density at radius 1 is 1.32 bits per heavy atom. The van der Waals surface area contributed by atoms with Crippen molar-refractivity contribution < 1.29 is 24.2 Å². The number of methoxy groups -OCH3 is 1. The van der Waals surface area contributed by atoms with Gasteiger partial charge in [-0.3, -0.25) is 9.59 Å². The molecule has 1 aliphatic rings. The van der Waals surface area contributed by atoms with Crippen LogP contribution in [-0.4, -0.2) is 35.6 Å². The molecule has 1 saturated carbocycles. The topological polar surface area (TPSA) is 92.7 Å². The van der Waals surface area contributed by atoms with E-state index >= 15 is 0 Å². The third kappa shape index (κ3) is 3.94. The quantitative estimate of drug-likeness (QED) is 0.705. The molecule has 0 bridgehead atoms. The Bertz CT molecular complexity index is 360. The lowest BCUT2D eigenvalue weighted by Crippen LogP contribution is -2.53. The van der Waals surface area contributed by atoms with Crippen LogP contribution in [-0.2, 0) is 19.1 Å². The Kier molecular flexibility index (Phi) is 5.32. The highest BCUT2D eigenvalue weighted by atomic mass is 16.5. The van der Waals surface area contributed by atoms with Gasteiger partial charge in [-0.25, -0.2) is 4.79 Å². The van der Waals surface area contributed by atoms with E-state index in [1.165, 1.54) is 7.11 Å². The number of nitrogens with one attached hydrogen (secondary N) is 1. The number of hydrogen-bond acceptors (Lipinski definition) is 4. The minimum atomic E-state index is -1.11. The maximum absolute atomic E-state index is 12.0. The Morgan fingerprint density at radius 2 is 1.89 bits per heavy atom. The van der Waals surface area contributed by atoms with E-state index in [2.05, 4.69) is 10.1 Å². The van der Waals surface area contributed by atoms with Gasteiger partial charge in [0.15, 0.2) is 0 Å². The third-order valence-electron chi connectivity index (χ3n) is 3.69. The first kappa shape index (κ1) is 15.5. The largest absolute Gasteiger partial charge is 0.480 e. The van der Waals surface area contributed by atoms with E-state index in [4.69, 9.17) is 0 Å². The summed E-state index contributed by atoms with van der Waals surface area (Å²) in [6, 6.07) is 0. The minimum Gasteiger partial charge on any atom is -0.480 e. The molecule has 1 rings (SSSR count). The van der Waals surface area contributed by atoms with E-state index in [0.717, 1.165) is 12.8 Å². The standard InChI is InChI=1S/C13H21NO5/c1-9(5-6-10(15)19-2)11(16)14-13(12(17)18)7-3-4-8-13/h9H,3-8H2,1-2H3,(H,14,16)(H,17,18). The van der Waals surface area contributed by atoms with Gasteiger partial charge in [-0.05, 0) is 19.3 Å². The summed E-state index contributed by atoms with van der Waals surface area (Å²) in [4.78, 5) is 34.3. The number of amides is 1. The second-order valence-corrected chi connectivity index (χ2v) is 5.10. The molecule has 1 unspecified atom stereocenters. The van der Waals surface area contributed by atoms with Crippen LogP contribution < -0.4 is 5.32 Å². The van der Waals surface area contributed by atoms with Gasteiger partial charge in [-0.2, -0.15) is 0 Å². The predicted molar refractivity (Wildman–Crippen MR) is 67.4 cm³/mol. The summed E-state index contributed by atoms with van der Waals surface area (Å²) in [5.41, 5.74) is -1.11. The van der Waals surface area contributed by atoms with Crippen LogP contribution in [0.15, 0.2) is 0 Å². The zero-order valence-electron chi connectivity index (χ0n) is 11.4. The van der Waals surface area contributed by atoms with E-state index in [-0.39, 0.29) is 18.3 Å². The fourth-order valence-corrected chi connectivity index (χ4v) is 2.30. The van der Waals surface area contributed by atoms with Gasteiger partial charge in [0, 0.05) is 12.3 Å². The minimum absolute atomic E-state index is 0.158. The maximum Gasteiger partial charge on any atom is 0.329 e. The molecule has 0 aromatic heterocycles. The van der Waals surface area contributed by atoms with Gasteiger partial charge in [-0.15, -0.1) is 0 Å². The predicted octanol–water partition coefficient (Wildman–Crippen LogP) is 1.09. The van der Waals surface area contributed by atoms with Crippen molar-refractivity contribution in [1.29, 1.82) is 0 Å². The molecule has 1 aliphatic carbocycles. The number of carboxylic acid groups (broad SMARTS) is 1. The smallest absolute Gasteiger partial charge is 0.329 e. The molecule has 0 radical (unpaired) electrons. The zero-order chi connectivity index (χ0) is 14.5. The van der Waals surface area contributed by atoms with Crippen LogP contribution >= 0.6 is 0 Å². The Labute approximate surface area is 112 Å². The molecular formula is C13H21NO5. The summed E-state index contributed by atoms with van der Waals surface area (Å²) in [5, 5.41) is 11.9. The summed E-state index contributed by atoms with van der Waals surface area (Å²) in [7, 11) is 1.30. The van der Waals surface area contributed by atoms with Crippen molar-refractivity contribution in [3.05, 3.63) is 0 Å². The maximum atomic E-state index is 12.0. The van der Waals surface area contributed by atoms with Gasteiger partial charge in [-0.1, -0.05) is 19.8 Å². The van der Waals surface area contributed by atoms with Crippen LogP contribution in [0, 0.1) is 5.92 Å². The monoisotopic (exact) mass is 271 g/mol. The fourth-order valence-electron chi connectivity index (χ4n) is 2.30. The lowest BCUT2D eigenvalue weighted by molar-refractivity contribution is -0.148. The second-order valence-electron chi connectivity index (χ2n) is 5.10. The van der Waals surface area contributed by atoms with Gasteiger partial charge in [0.1, 0.15) is 5.54 Å². The van der Waals surface area contributed by atoms with Crippen molar-refractivity contribution in [2.45, 2.75) is 51.0 Å².